The number of carbonyl (C=O) groups is 1. The second-order valence-electron chi connectivity index (χ2n) is 9.04. The normalized spacial score (nSPS) is 11.6. The van der Waals surface area contributed by atoms with Gasteiger partial charge in [0.2, 0.25) is 15.9 Å². The third-order valence-electron chi connectivity index (χ3n) is 6.17. The third-order valence-corrected chi connectivity index (χ3v) is 8.26. The molecule has 1 heterocycles. The molecule has 3 aromatic carbocycles. The summed E-state index contributed by atoms with van der Waals surface area (Å²) in [6, 6.07) is 23.8. The zero-order chi connectivity index (χ0) is 27.0. The van der Waals surface area contributed by atoms with E-state index < -0.39 is 10.0 Å². The molecule has 198 valence electrons. The van der Waals surface area contributed by atoms with E-state index in [1.54, 1.807) is 30.5 Å². The van der Waals surface area contributed by atoms with Crippen LogP contribution >= 0.6 is 11.6 Å². The van der Waals surface area contributed by atoms with E-state index in [9.17, 15) is 13.2 Å². The van der Waals surface area contributed by atoms with Crippen LogP contribution in [0.4, 0.5) is 5.69 Å². The van der Waals surface area contributed by atoms with Crippen LogP contribution in [-0.2, 0) is 21.2 Å². The van der Waals surface area contributed by atoms with Crippen LogP contribution in [-0.4, -0.2) is 49.8 Å². The predicted octanol–water partition coefficient (Wildman–Crippen LogP) is 5.05. The Morgan fingerprint density at radius 1 is 0.974 bits per heavy atom. The van der Waals surface area contributed by atoms with Crippen LogP contribution in [0.2, 0.25) is 5.02 Å². The molecule has 0 atom stereocenters. The molecule has 7 nitrogen and oxygen atoms in total. The van der Waals surface area contributed by atoms with E-state index in [0.717, 1.165) is 27.7 Å². The molecule has 0 fully saturated rings. The van der Waals surface area contributed by atoms with E-state index in [-0.39, 0.29) is 23.9 Å². The fourth-order valence-corrected chi connectivity index (χ4v) is 5.64. The molecule has 9 heteroatoms. The van der Waals surface area contributed by atoms with Gasteiger partial charge in [-0.15, -0.1) is 0 Å². The molecule has 4 aromatic rings. The molecule has 0 saturated heterocycles. The number of carbonyl (C=O) groups excluding carboxylic acids is 1. The number of aromatic nitrogens is 1. The van der Waals surface area contributed by atoms with Gasteiger partial charge in [-0.2, -0.15) is 4.31 Å². The lowest BCUT2D eigenvalue weighted by atomic mass is 10.1. The molecule has 0 spiro atoms. The van der Waals surface area contributed by atoms with Crippen molar-refractivity contribution in [2.45, 2.75) is 24.7 Å². The van der Waals surface area contributed by atoms with Gasteiger partial charge >= 0.3 is 0 Å². The molecule has 1 amide bonds. The molecule has 0 aliphatic rings. The highest BCUT2D eigenvalue weighted by Gasteiger charge is 2.26. The number of anilines is 1. The second-order valence-corrected chi connectivity index (χ2v) is 11.4. The fraction of sp³-hybridized carbons (Fsp3) is 0.241. The van der Waals surface area contributed by atoms with Crippen LogP contribution < -0.4 is 10.6 Å². The molecule has 0 unspecified atom stereocenters. The molecule has 0 aliphatic heterocycles. The molecule has 1 aromatic heterocycles. The third kappa shape index (κ3) is 7.31. The SMILES string of the molecule is Cc1ccc(S(=O)(=O)N(CCc2ccccc2)CC(=O)NCCCNc2ccnc3cc(Cl)ccc23)cc1. The standard InChI is InChI=1S/C29H31ClN4O3S/c1-22-8-11-25(12-9-22)38(36,37)34(19-15-23-6-3-2-4-7-23)21-29(35)33-17-5-16-31-27-14-18-32-28-20-24(30)10-13-26(27)28/h2-4,6-14,18,20H,5,15-17,19,21H2,1H3,(H,31,32)(H,33,35). The van der Waals surface area contributed by atoms with Crippen molar-refractivity contribution in [1.82, 2.24) is 14.6 Å². The summed E-state index contributed by atoms with van der Waals surface area (Å²) >= 11 is 6.06. The highest BCUT2D eigenvalue weighted by atomic mass is 35.5. The van der Waals surface area contributed by atoms with Crippen LogP contribution in [0.15, 0.2) is 90.0 Å². The van der Waals surface area contributed by atoms with Gasteiger partial charge in [-0.3, -0.25) is 9.78 Å². The molecule has 38 heavy (non-hydrogen) atoms. The van der Waals surface area contributed by atoms with E-state index in [0.29, 0.717) is 31.0 Å². The lowest BCUT2D eigenvalue weighted by Gasteiger charge is -2.22. The average Bonchev–Trinajstić information content (AvgIpc) is 2.91. The van der Waals surface area contributed by atoms with Crippen molar-refractivity contribution in [3.05, 3.63) is 101 Å². The topological polar surface area (TPSA) is 91.4 Å². The first-order valence-electron chi connectivity index (χ1n) is 12.5. The van der Waals surface area contributed by atoms with Crippen molar-refractivity contribution >= 4 is 44.1 Å². The molecule has 2 N–H and O–H groups in total. The van der Waals surface area contributed by atoms with Gasteiger partial charge in [-0.25, -0.2) is 8.42 Å². The highest BCUT2D eigenvalue weighted by Crippen LogP contribution is 2.24. The molecular weight excluding hydrogens is 520 g/mol. The lowest BCUT2D eigenvalue weighted by Crippen LogP contribution is -2.42. The van der Waals surface area contributed by atoms with Gasteiger partial charge in [0.25, 0.3) is 0 Å². The first kappa shape index (κ1) is 27.6. The number of sulfonamides is 1. The first-order valence-corrected chi connectivity index (χ1v) is 14.3. The maximum Gasteiger partial charge on any atom is 0.243 e. The minimum absolute atomic E-state index is 0.180. The number of halogens is 1. The summed E-state index contributed by atoms with van der Waals surface area (Å²) in [7, 11) is -3.83. The Hall–Kier alpha value is -3.46. The molecule has 4 rings (SSSR count). The summed E-state index contributed by atoms with van der Waals surface area (Å²) in [4.78, 5) is 17.3. The molecule has 0 saturated carbocycles. The van der Waals surface area contributed by atoms with Crippen molar-refractivity contribution < 1.29 is 13.2 Å². The highest BCUT2D eigenvalue weighted by molar-refractivity contribution is 7.89. The number of fused-ring (bicyclic) bond motifs is 1. The number of amides is 1. The number of hydrogen-bond donors (Lipinski definition) is 2. The smallest absolute Gasteiger partial charge is 0.243 e. The Morgan fingerprint density at radius 3 is 2.50 bits per heavy atom. The number of nitrogens with one attached hydrogen (secondary N) is 2. The minimum atomic E-state index is -3.83. The fourth-order valence-electron chi connectivity index (χ4n) is 4.07. The minimum Gasteiger partial charge on any atom is -0.384 e. The van der Waals surface area contributed by atoms with E-state index in [1.807, 2.05) is 61.5 Å². The molecule has 0 aliphatic carbocycles. The Labute approximate surface area is 228 Å². The van der Waals surface area contributed by atoms with Crippen molar-refractivity contribution in [1.29, 1.82) is 0 Å². The molecular formula is C29H31ClN4O3S. The van der Waals surface area contributed by atoms with Crippen LogP contribution in [0.3, 0.4) is 0 Å². The van der Waals surface area contributed by atoms with Gasteiger partial charge in [-0.05, 0) is 61.7 Å². The van der Waals surface area contributed by atoms with Crippen LogP contribution in [0.5, 0.6) is 0 Å². The summed E-state index contributed by atoms with van der Waals surface area (Å²) in [5.74, 6) is -0.335. The number of nitrogens with zero attached hydrogens (tertiary/aromatic N) is 2. The van der Waals surface area contributed by atoms with E-state index in [1.165, 1.54) is 4.31 Å². The van der Waals surface area contributed by atoms with Gasteiger partial charge in [0.15, 0.2) is 0 Å². The maximum absolute atomic E-state index is 13.4. The molecule has 0 radical (unpaired) electrons. The largest absolute Gasteiger partial charge is 0.384 e. The lowest BCUT2D eigenvalue weighted by molar-refractivity contribution is -0.121. The Bertz CT molecular complexity index is 1480. The van der Waals surface area contributed by atoms with Crippen molar-refractivity contribution in [3.8, 4) is 0 Å². The van der Waals surface area contributed by atoms with Gasteiger partial charge in [0.1, 0.15) is 0 Å². The predicted molar refractivity (Wildman–Crippen MR) is 153 cm³/mol. The number of rotatable bonds is 12. The monoisotopic (exact) mass is 550 g/mol. The summed E-state index contributed by atoms with van der Waals surface area (Å²) in [5, 5.41) is 7.83. The quantitative estimate of drug-likeness (QED) is 0.241. The van der Waals surface area contributed by atoms with Crippen LogP contribution in [0.25, 0.3) is 10.9 Å². The van der Waals surface area contributed by atoms with Crippen LogP contribution in [0.1, 0.15) is 17.5 Å². The zero-order valence-electron chi connectivity index (χ0n) is 21.2. The van der Waals surface area contributed by atoms with Gasteiger partial charge in [-0.1, -0.05) is 59.6 Å². The van der Waals surface area contributed by atoms with Crippen molar-refractivity contribution in [2.75, 3.05) is 31.5 Å². The molecule has 0 bridgehead atoms. The average molecular weight is 551 g/mol. The van der Waals surface area contributed by atoms with Gasteiger partial charge in [0.05, 0.1) is 17.0 Å². The van der Waals surface area contributed by atoms with Crippen LogP contribution in [0, 0.1) is 6.92 Å². The Kier molecular flexibility index (Phi) is 9.33. The summed E-state index contributed by atoms with van der Waals surface area (Å²) in [6.45, 7) is 2.90. The second kappa shape index (κ2) is 12.9. The van der Waals surface area contributed by atoms with Crippen molar-refractivity contribution in [3.63, 3.8) is 0 Å². The summed E-state index contributed by atoms with van der Waals surface area (Å²) in [6.07, 6.45) is 2.90. The summed E-state index contributed by atoms with van der Waals surface area (Å²) in [5.41, 5.74) is 3.72. The Balaban J connectivity index is 1.33. The van der Waals surface area contributed by atoms with E-state index in [4.69, 9.17) is 11.6 Å². The summed E-state index contributed by atoms with van der Waals surface area (Å²) < 4.78 is 28.0. The van der Waals surface area contributed by atoms with E-state index in [2.05, 4.69) is 15.6 Å². The number of hydrogen-bond acceptors (Lipinski definition) is 5. The number of pyridine rings is 1. The number of benzene rings is 3. The van der Waals surface area contributed by atoms with Gasteiger partial charge < -0.3 is 10.6 Å². The zero-order valence-corrected chi connectivity index (χ0v) is 22.8. The van der Waals surface area contributed by atoms with Gasteiger partial charge in [0, 0.05) is 41.9 Å². The Morgan fingerprint density at radius 2 is 1.74 bits per heavy atom. The first-order chi connectivity index (χ1) is 18.3. The maximum atomic E-state index is 13.4. The number of aryl methyl sites for hydroxylation is 1. The van der Waals surface area contributed by atoms with E-state index >= 15 is 0 Å². The van der Waals surface area contributed by atoms with Crippen molar-refractivity contribution in [2.24, 2.45) is 0 Å².